The molecule has 0 aromatic carbocycles. The summed E-state index contributed by atoms with van der Waals surface area (Å²) in [6.07, 6.45) is 13.7. The van der Waals surface area contributed by atoms with Gasteiger partial charge in [-0.1, -0.05) is 25.7 Å². The molecule has 2 saturated carbocycles. The van der Waals surface area contributed by atoms with Crippen molar-refractivity contribution in [2.45, 2.75) is 82.4 Å². The van der Waals surface area contributed by atoms with Crippen LogP contribution < -0.4 is 5.90 Å². The first-order chi connectivity index (χ1) is 8.31. The molecule has 2 aliphatic carbocycles. The van der Waals surface area contributed by atoms with Crippen molar-refractivity contribution in [2.75, 3.05) is 7.05 Å². The molecule has 0 unspecified atom stereocenters. The predicted octanol–water partition coefficient (Wildman–Crippen LogP) is 2.84. The van der Waals surface area contributed by atoms with Crippen LogP contribution in [-0.4, -0.2) is 30.1 Å². The van der Waals surface area contributed by atoms with Crippen LogP contribution in [0.25, 0.3) is 0 Å². The first-order valence-electron chi connectivity index (χ1n) is 7.38. The zero-order valence-corrected chi connectivity index (χ0v) is 11.2. The molecule has 2 rings (SSSR count). The van der Waals surface area contributed by atoms with Crippen molar-refractivity contribution < 1.29 is 4.84 Å². The lowest BCUT2D eigenvalue weighted by molar-refractivity contribution is 0.00289. The summed E-state index contributed by atoms with van der Waals surface area (Å²) in [4.78, 5) is 7.63. The molecule has 0 spiro atoms. The molecule has 0 atom stereocenters. The van der Waals surface area contributed by atoms with Crippen molar-refractivity contribution in [3.8, 4) is 0 Å². The molecule has 0 bridgehead atoms. The number of rotatable bonds is 3. The second kappa shape index (κ2) is 6.72. The van der Waals surface area contributed by atoms with Gasteiger partial charge in [0, 0.05) is 12.1 Å². The second-order valence-electron chi connectivity index (χ2n) is 5.88. The van der Waals surface area contributed by atoms with E-state index in [2.05, 4.69) is 11.9 Å². The van der Waals surface area contributed by atoms with Crippen LogP contribution in [0.2, 0.25) is 0 Å². The summed E-state index contributed by atoms with van der Waals surface area (Å²) < 4.78 is 0. The molecule has 0 heterocycles. The van der Waals surface area contributed by atoms with Crippen molar-refractivity contribution >= 4 is 0 Å². The molecule has 17 heavy (non-hydrogen) atoms. The molecule has 2 N–H and O–H groups in total. The van der Waals surface area contributed by atoms with Crippen LogP contribution in [0.5, 0.6) is 0 Å². The summed E-state index contributed by atoms with van der Waals surface area (Å²) in [5.41, 5.74) is 0. The maximum absolute atomic E-state index is 5.27. The first-order valence-corrected chi connectivity index (χ1v) is 7.38. The van der Waals surface area contributed by atoms with Gasteiger partial charge in [0.25, 0.3) is 0 Å². The highest BCUT2D eigenvalue weighted by molar-refractivity contribution is 4.83. The molecule has 100 valence electrons. The van der Waals surface area contributed by atoms with Crippen LogP contribution in [0, 0.1) is 0 Å². The Morgan fingerprint density at radius 1 is 0.824 bits per heavy atom. The molecule has 0 aromatic heterocycles. The number of hydrogen-bond acceptors (Lipinski definition) is 3. The zero-order chi connectivity index (χ0) is 12.1. The topological polar surface area (TPSA) is 38.5 Å². The monoisotopic (exact) mass is 240 g/mol. The number of hydrogen-bond donors (Lipinski definition) is 1. The Bertz CT molecular complexity index is 206. The third-order valence-corrected chi connectivity index (χ3v) is 4.81. The molecular weight excluding hydrogens is 212 g/mol. The lowest BCUT2D eigenvalue weighted by atomic mass is 9.90. The van der Waals surface area contributed by atoms with Gasteiger partial charge in [-0.15, -0.1) is 0 Å². The highest BCUT2D eigenvalue weighted by atomic mass is 16.6. The lowest BCUT2D eigenvalue weighted by Gasteiger charge is -2.38. The molecular formula is C14H28N2O. The summed E-state index contributed by atoms with van der Waals surface area (Å²) >= 11 is 0. The molecule has 3 heteroatoms. The molecule has 0 radical (unpaired) electrons. The van der Waals surface area contributed by atoms with Gasteiger partial charge in [0.1, 0.15) is 0 Å². The van der Waals surface area contributed by atoms with Crippen LogP contribution >= 0.6 is 0 Å². The lowest BCUT2D eigenvalue weighted by Crippen LogP contribution is -2.43. The summed E-state index contributed by atoms with van der Waals surface area (Å²) in [5.74, 6) is 5.27. The van der Waals surface area contributed by atoms with Crippen LogP contribution in [0.15, 0.2) is 0 Å². The smallest absolute Gasteiger partial charge is 0.0788 e. The van der Waals surface area contributed by atoms with Crippen molar-refractivity contribution in [3.05, 3.63) is 0 Å². The summed E-state index contributed by atoms with van der Waals surface area (Å²) in [6, 6.07) is 1.60. The van der Waals surface area contributed by atoms with Gasteiger partial charge < -0.3 is 9.74 Å². The van der Waals surface area contributed by atoms with E-state index in [4.69, 9.17) is 10.7 Å². The maximum Gasteiger partial charge on any atom is 0.0788 e. The first kappa shape index (κ1) is 13.3. The Morgan fingerprint density at radius 3 is 1.88 bits per heavy atom. The van der Waals surface area contributed by atoms with Gasteiger partial charge in [-0.3, -0.25) is 0 Å². The predicted molar refractivity (Wildman–Crippen MR) is 70.6 cm³/mol. The highest BCUT2D eigenvalue weighted by Crippen LogP contribution is 2.29. The minimum Gasteiger partial charge on any atom is -0.301 e. The minimum absolute atomic E-state index is 0.314. The third-order valence-electron chi connectivity index (χ3n) is 4.81. The van der Waals surface area contributed by atoms with Crippen molar-refractivity contribution in [3.63, 3.8) is 0 Å². The fourth-order valence-corrected chi connectivity index (χ4v) is 3.55. The van der Waals surface area contributed by atoms with E-state index in [1.807, 2.05) is 0 Å². The van der Waals surface area contributed by atoms with Crippen LogP contribution in [0.1, 0.15) is 64.2 Å². The fourth-order valence-electron chi connectivity index (χ4n) is 3.55. The van der Waals surface area contributed by atoms with Crippen LogP contribution in [0.3, 0.4) is 0 Å². The van der Waals surface area contributed by atoms with E-state index < -0.39 is 0 Å². The maximum atomic E-state index is 5.27. The number of nitrogens with zero attached hydrogens (tertiary/aromatic N) is 1. The quantitative estimate of drug-likeness (QED) is 0.609. The molecule has 0 saturated heterocycles. The summed E-state index contributed by atoms with van der Waals surface area (Å²) in [7, 11) is 2.34. The molecule has 0 amide bonds. The van der Waals surface area contributed by atoms with E-state index in [0.717, 1.165) is 24.9 Å². The fraction of sp³-hybridized carbons (Fsp3) is 1.00. The van der Waals surface area contributed by atoms with Gasteiger partial charge in [0.15, 0.2) is 0 Å². The van der Waals surface area contributed by atoms with E-state index in [1.165, 1.54) is 51.4 Å². The van der Waals surface area contributed by atoms with Gasteiger partial charge in [-0.2, -0.15) is 0 Å². The summed E-state index contributed by atoms with van der Waals surface area (Å²) in [5, 5.41) is 0. The average molecular weight is 240 g/mol. The van der Waals surface area contributed by atoms with Crippen LogP contribution in [-0.2, 0) is 4.84 Å². The Labute approximate surface area is 106 Å². The van der Waals surface area contributed by atoms with E-state index in [1.54, 1.807) is 0 Å². The van der Waals surface area contributed by atoms with Crippen molar-refractivity contribution in [2.24, 2.45) is 5.90 Å². The minimum atomic E-state index is 0.314. The van der Waals surface area contributed by atoms with Crippen molar-refractivity contribution in [1.82, 2.24) is 4.90 Å². The Kier molecular flexibility index (Phi) is 5.26. The molecule has 3 nitrogen and oxygen atoms in total. The Morgan fingerprint density at radius 2 is 1.35 bits per heavy atom. The van der Waals surface area contributed by atoms with Gasteiger partial charge in [0.2, 0.25) is 0 Å². The average Bonchev–Trinajstić information content (AvgIpc) is 2.67. The van der Waals surface area contributed by atoms with Crippen LogP contribution in [0.4, 0.5) is 0 Å². The number of nitrogens with two attached hydrogens (primary N) is 1. The molecule has 0 aromatic rings. The SMILES string of the molecule is CN(C1CCCCCC1)C1CCC(ON)CC1. The largest absolute Gasteiger partial charge is 0.301 e. The standard InChI is InChI=1S/C14H28N2O/c1-16(12-6-4-2-3-5-7-12)13-8-10-14(17-15)11-9-13/h12-14H,2-11,15H2,1H3. The Balaban J connectivity index is 1.80. The van der Waals surface area contributed by atoms with E-state index >= 15 is 0 Å². The van der Waals surface area contributed by atoms with Gasteiger partial charge in [-0.25, -0.2) is 5.90 Å². The molecule has 2 aliphatic rings. The normalized spacial score (nSPS) is 32.6. The van der Waals surface area contributed by atoms with E-state index in [-0.39, 0.29) is 0 Å². The highest BCUT2D eigenvalue weighted by Gasteiger charge is 2.28. The van der Waals surface area contributed by atoms with E-state index in [0.29, 0.717) is 6.10 Å². The van der Waals surface area contributed by atoms with Gasteiger partial charge in [0.05, 0.1) is 6.10 Å². The second-order valence-corrected chi connectivity index (χ2v) is 5.88. The van der Waals surface area contributed by atoms with Gasteiger partial charge >= 0.3 is 0 Å². The third kappa shape index (κ3) is 3.67. The van der Waals surface area contributed by atoms with E-state index in [9.17, 15) is 0 Å². The molecule has 2 fully saturated rings. The Hall–Kier alpha value is -0.120. The molecule has 0 aliphatic heterocycles. The van der Waals surface area contributed by atoms with Gasteiger partial charge in [-0.05, 0) is 45.6 Å². The van der Waals surface area contributed by atoms with Crippen molar-refractivity contribution in [1.29, 1.82) is 0 Å². The zero-order valence-electron chi connectivity index (χ0n) is 11.2. The summed E-state index contributed by atoms with van der Waals surface area (Å²) in [6.45, 7) is 0.